The third kappa shape index (κ3) is 4.09. The Hall–Kier alpha value is -3.08. The van der Waals surface area contributed by atoms with Crippen LogP contribution in [0.5, 0.6) is 5.75 Å². The van der Waals surface area contributed by atoms with E-state index in [1.807, 2.05) is 0 Å². The Morgan fingerprint density at radius 1 is 1.32 bits per heavy atom. The topological polar surface area (TPSA) is 109 Å². The van der Waals surface area contributed by atoms with Crippen molar-refractivity contribution in [2.75, 3.05) is 25.2 Å². The van der Waals surface area contributed by atoms with Gasteiger partial charge in [-0.15, -0.1) is 0 Å². The predicted molar refractivity (Wildman–Crippen MR) is 99.4 cm³/mol. The van der Waals surface area contributed by atoms with Crippen molar-refractivity contribution in [3.05, 3.63) is 24.3 Å². The molecule has 2 fully saturated rings. The van der Waals surface area contributed by atoms with E-state index in [0.29, 0.717) is 24.3 Å². The van der Waals surface area contributed by atoms with Gasteiger partial charge in [0.15, 0.2) is 6.61 Å². The predicted octanol–water partition coefficient (Wildman–Crippen LogP) is 1.54. The molecule has 1 aromatic rings. The molecule has 1 saturated heterocycles. The zero-order valence-corrected chi connectivity index (χ0v) is 15.8. The van der Waals surface area contributed by atoms with E-state index in [1.165, 1.54) is 12.0 Å². The van der Waals surface area contributed by atoms with Gasteiger partial charge in [0.2, 0.25) is 5.91 Å². The summed E-state index contributed by atoms with van der Waals surface area (Å²) in [6.07, 6.45) is 3.00. The van der Waals surface area contributed by atoms with Gasteiger partial charge in [0.05, 0.1) is 24.8 Å². The lowest BCUT2D eigenvalue weighted by Crippen LogP contribution is -2.47. The van der Waals surface area contributed by atoms with Gasteiger partial charge in [0.1, 0.15) is 11.3 Å². The number of anilines is 1. The van der Waals surface area contributed by atoms with Crippen LogP contribution in [-0.4, -0.2) is 43.6 Å². The van der Waals surface area contributed by atoms with Gasteiger partial charge in [-0.1, -0.05) is 12.1 Å². The summed E-state index contributed by atoms with van der Waals surface area (Å²) in [7, 11) is 1.52. The molecule has 2 aliphatic rings. The summed E-state index contributed by atoms with van der Waals surface area (Å²) in [4.78, 5) is 38.3. The molecule has 3 rings (SSSR count). The van der Waals surface area contributed by atoms with E-state index in [-0.39, 0.29) is 18.9 Å². The molecule has 1 aliphatic carbocycles. The molecular weight excluding hydrogens is 362 g/mol. The van der Waals surface area contributed by atoms with Gasteiger partial charge in [-0.3, -0.25) is 14.4 Å². The molecule has 8 heteroatoms. The Kier molecular flexibility index (Phi) is 5.83. The zero-order valence-electron chi connectivity index (χ0n) is 15.8. The molecular formula is C20H23N3O5. The van der Waals surface area contributed by atoms with Crippen LogP contribution in [0.25, 0.3) is 0 Å². The normalized spacial score (nSPS) is 20.5. The van der Waals surface area contributed by atoms with Crippen molar-refractivity contribution < 1.29 is 23.9 Å². The van der Waals surface area contributed by atoms with Crippen molar-refractivity contribution in [2.24, 2.45) is 5.92 Å². The molecule has 8 nitrogen and oxygen atoms in total. The lowest BCUT2D eigenvalue weighted by Gasteiger charge is -2.22. The number of amides is 2. The van der Waals surface area contributed by atoms with Crippen LogP contribution in [0.15, 0.2) is 24.3 Å². The highest BCUT2D eigenvalue weighted by Crippen LogP contribution is 2.33. The first-order valence-corrected chi connectivity index (χ1v) is 9.30. The highest BCUT2D eigenvalue weighted by molar-refractivity contribution is 6.00. The fourth-order valence-electron chi connectivity index (χ4n) is 3.75. The maximum Gasteiger partial charge on any atom is 0.311 e. The van der Waals surface area contributed by atoms with Crippen LogP contribution in [0.4, 0.5) is 5.69 Å². The van der Waals surface area contributed by atoms with Crippen molar-refractivity contribution in [2.45, 2.75) is 37.6 Å². The first-order chi connectivity index (χ1) is 13.5. The van der Waals surface area contributed by atoms with E-state index < -0.39 is 29.9 Å². The van der Waals surface area contributed by atoms with Gasteiger partial charge >= 0.3 is 5.97 Å². The smallest absolute Gasteiger partial charge is 0.311 e. The standard InChI is InChI=1S/C20H23N3O5/c1-27-16-7-3-2-6-15(16)23-11-14(10-18(23)25)19(26)28-12-17(24)22-20(13-21)8-4-5-9-20/h2-3,6-7,14H,4-5,8-12H2,1H3,(H,22,24)/t14-/m0/s1. The van der Waals surface area contributed by atoms with E-state index in [0.717, 1.165) is 12.8 Å². The number of para-hydroxylation sites is 2. The first-order valence-electron chi connectivity index (χ1n) is 9.30. The Balaban J connectivity index is 1.55. The van der Waals surface area contributed by atoms with Crippen LogP contribution >= 0.6 is 0 Å². The third-order valence-corrected chi connectivity index (χ3v) is 5.23. The Morgan fingerprint density at radius 2 is 2.04 bits per heavy atom. The number of nitriles is 1. The van der Waals surface area contributed by atoms with E-state index >= 15 is 0 Å². The van der Waals surface area contributed by atoms with E-state index in [2.05, 4.69) is 11.4 Å². The van der Waals surface area contributed by atoms with Gasteiger partial charge in [0, 0.05) is 13.0 Å². The Morgan fingerprint density at radius 3 is 2.71 bits per heavy atom. The molecule has 1 heterocycles. The van der Waals surface area contributed by atoms with Crippen LogP contribution in [0.2, 0.25) is 0 Å². The van der Waals surface area contributed by atoms with Crippen molar-refractivity contribution in [1.82, 2.24) is 5.32 Å². The summed E-state index contributed by atoms with van der Waals surface area (Å²) < 4.78 is 10.4. The maximum absolute atomic E-state index is 12.4. The number of hydrogen-bond acceptors (Lipinski definition) is 6. The van der Waals surface area contributed by atoms with Gasteiger partial charge in [-0.25, -0.2) is 0 Å². The minimum atomic E-state index is -0.854. The van der Waals surface area contributed by atoms with Crippen molar-refractivity contribution in [1.29, 1.82) is 5.26 Å². The maximum atomic E-state index is 12.4. The number of rotatable bonds is 6. The van der Waals surface area contributed by atoms with Crippen LogP contribution in [0.3, 0.4) is 0 Å². The number of carbonyl (C=O) groups is 3. The second-order valence-electron chi connectivity index (χ2n) is 7.13. The number of carbonyl (C=O) groups excluding carboxylic acids is 3. The molecule has 1 saturated carbocycles. The van der Waals surface area contributed by atoms with Gasteiger partial charge in [-0.05, 0) is 37.8 Å². The van der Waals surface area contributed by atoms with Gasteiger partial charge in [0.25, 0.3) is 5.91 Å². The van der Waals surface area contributed by atoms with E-state index in [9.17, 15) is 19.6 Å². The molecule has 1 aliphatic heterocycles. The second kappa shape index (κ2) is 8.30. The molecule has 0 unspecified atom stereocenters. The largest absolute Gasteiger partial charge is 0.495 e. The quantitative estimate of drug-likeness (QED) is 0.744. The SMILES string of the molecule is COc1ccccc1N1C[C@@H](C(=O)OCC(=O)NC2(C#N)CCCC2)CC1=O. The Bertz CT molecular complexity index is 810. The fraction of sp³-hybridized carbons (Fsp3) is 0.500. The molecule has 148 valence electrons. The summed E-state index contributed by atoms with van der Waals surface area (Å²) in [6, 6.07) is 9.23. The van der Waals surface area contributed by atoms with Gasteiger partial charge < -0.3 is 19.7 Å². The average molecular weight is 385 g/mol. The number of esters is 1. The molecule has 28 heavy (non-hydrogen) atoms. The number of methoxy groups -OCH3 is 1. The molecule has 1 atom stereocenters. The number of nitrogens with zero attached hydrogens (tertiary/aromatic N) is 2. The fourth-order valence-corrected chi connectivity index (χ4v) is 3.75. The Labute approximate surface area is 163 Å². The number of ether oxygens (including phenoxy) is 2. The summed E-state index contributed by atoms with van der Waals surface area (Å²) in [5.74, 6) is -1.41. The lowest BCUT2D eigenvalue weighted by molar-refractivity contribution is -0.152. The van der Waals surface area contributed by atoms with E-state index in [4.69, 9.17) is 9.47 Å². The molecule has 1 N–H and O–H groups in total. The third-order valence-electron chi connectivity index (χ3n) is 5.23. The summed E-state index contributed by atoms with van der Waals surface area (Å²) in [5, 5.41) is 12.0. The molecule has 0 radical (unpaired) electrons. The van der Waals surface area contributed by atoms with Crippen LogP contribution in [0.1, 0.15) is 32.1 Å². The van der Waals surface area contributed by atoms with Crippen LogP contribution in [0, 0.1) is 17.2 Å². The average Bonchev–Trinajstić information content (AvgIpc) is 3.33. The minimum absolute atomic E-state index is 0.0145. The van der Waals surface area contributed by atoms with Crippen molar-refractivity contribution in [3.8, 4) is 11.8 Å². The van der Waals surface area contributed by atoms with E-state index in [1.54, 1.807) is 24.3 Å². The highest BCUT2D eigenvalue weighted by atomic mass is 16.5. The first kappa shape index (κ1) is 19.7. The monoisotopic (exact) mass is 385 g/mol. The van der Waals surface area contributed by atoms with Gasteiger partial charge in [-0.2, -0.15) is 5.26 Å². The molecule has 0 spiro atoms. The van der Waals surface area contributed by atoms with Crippen LogP contribution in [-0.2, 0) is 19.1 Å². The molecule has 0 bridgehead atoms. The molecule has 0 aromatic heterocycles. The summed E-state index contributed by atoms with van der Waals surface area (Å²) in [6.45, 7) is -0.288. The second-order valence-corrected chi connectivity index (χ2v) is 7.13. The van der Waals surface area contributed by atoms with Crippen molar-refractivity contribution in [3.63, 3.8) is 0 Å². The zero-order chi connectivity index (χ0) is 20.1. The molecule has 2 amide bonds. The number of hydrogen-bond donors (Lipinski definition) is 1. The number of benzene rings is 1. The lowest BCUT2D eigenvalue weighted by atomic mass is 10.00. The van der Waals surface area contributed by atoms with Crippen molar-refractivity contribution >= 4 is 23.5 Å². The molecule has 1 aromatic carbocycles. The van der Waals surface area contributed by atoms with Crippen LogP contribution < -0.4 is 15.0 Å². The summed E-state index contributed by atoms with van der Waals surface area (Å²) >= 11 is 0. The summed E-state index contributed by atoms with van der Waals surface area (Å²) in [5.41, 5.74) is -0.256. The minimum Gasteiger partial charge on any atom is -0.495 e. The number of nitrogens with one attached hydrogen (secondary N) is 1. The highest BCUT2D eigenvalue weighted by Gasteiger charge is 2.38.